The van der Waals surface area contributed by atoms with Crippen molar-refractivity contribution in [3.05, 3.63) is 64.8 Å². The standard InChI is InChI=1S/C28H32F4O4/c1-2-35-15-19-9-12-21(25(30)24(19)29)16-3-5-18(6-4-16)28(34)36-23-14-13-22(26(31)27(23)32)17-7-10-20(33)11-8-17/h3,5,12-14,16-20,33H,2,4,6-11,15H2,1H3. The van der Waals surface area contributed by atoms with Crippen molar-refractivity contribution in [1.82, 2.24) is 0 Å². The molecule has 8 heteroatoms. The van der Waals surface area contributed by atoms with E-state index in [9.17, 15) is 27.5 Å². The molecule has 4 rings (SSSR count). The Balaban J connectivity index is 1.38. The Kier molecular flexibility index (Phi) is 8.67. The number of ether oxygens (including phenoxy) is 2. The van der Waals surface area contributed by atoms with Crippen molar-refractivity contribution >= 4 is 5.97 Å². The van der Waals surface area contributed by atoms with Crippen molar-refractivity contribution in [3.8, 4) is 5.75 Å². The molecule has 0 heterocycles. The molecular weight excluding hydrogens is 476 g/mol. The van der Waals surface area contributed by atoms with Crippen molar-refractivity contribution < 1.29 is 36.9 Å². The van der Waals surface area contributed by atoms with Crippen molar-refractivity contribution in [2.24, 2.45) is 17.8 Å². The number of rotatable bonds is 7. The van der Waals surface area contributed by atoms with Crippen LogP contribution in [-0.2, 0) is 9.53 Å². The van der Waals surface area contributed by atoms with Gasteiger partial charge in [-0.05, 0) is 75.0 Å². The number of allylic oxidation sites excluding steroid dienone is 4. The Labute approximate surface area is 208 Å². The van der Waals surface area contributed by atoms with Crippen LogP contribution in [0, 0.1) is 29.4 Å². The first-order valence-electron chi connectivity index (χ1n) is 12.7. The third kappa shape index (κ3) is 5.75. The minimum absolute atomic E-state index is 0.121. The number of carbonyl (C=O) groups excluding carboxylic acids is 1. The molecule has 3 atom stereocenters. The van der Waals surface area contributed by atoms with Gasteiger partial charge in [-0.3, -0.25) is 4.79 Å². The average Bonchev–Trinajstić information content (AvgIpc) is 2.88. The van der Waals surface area contributed by atoms with Crippen molar-refractivity contribution in [2.45, 2.75) is 63.9 Å². The largest absolute Gasteiger partial charge is 0.423 e. The quantitative estimate of drug-likeness (QED) is 0.195. The summed E-state index contributed by atoms with van der Waals surface area (Å²) in [5.74, 6) is -7.01. The predicted molar refractivity (Wildman–Crippen MR) is 126 cm³/mol. The third-order valence-corrected chi connectivity index (χ3v) is 7.46. The Morgan fingerprint density at radius 1 is 1.00 bits per heavy atom. The van der Waals surface area contributed by atoms with Crippen LogP contribution in [0.2, 0.25) is 0 Å². The van der Waals surface area contributed by atoms with Gasteiger partial charge in [0.1, 0.15) is 5.83 Å². The van der Waals surface area contributed by atoms with Gasteiger partial charge in [-0.25, -0.2) is 13.2 Å². The van der Waals surface area contributed by atoms with E-state index in [-0.39, 0.29) is 29.6 Å². The van der Waals surface area contributed by atoms with Gasteiger partial charge in [0.15, 0.2) is 17.4 Å². The number of aliphatic hydroxyl groups excluding tert-OH is 1. The average molecular weight is 509 g/mol. The topological polar surface area (TPSA) is 55.8 Å². The Hall–Kier alpha value is -2.45. The first kappa shape index (κ1) is 26.6. The fourth-order valence-electron chi connectivity index (χ4n) is 5.28. The summed E-state index contributed by atoms with van der Waals surface area (Å²) in [6, 6.07) is 2.70. The zero-order chi connectivity index (χ0) is 25.8. The zero-order valence-corrected chi connectivity index (χ0v) is 20.3. The predicted octanol–water partition coefficient (Wildman–Crippen LogP) is 6.60. The smallest absolute Gasteiger partial charge is 0.318 e. The highest BCUT2D eigenvalue weighted by Crippen LogP contribution is 2.40. The van der Waals surface area contributed by atoms with Gasteiger partial charge < -0.3 is 14.6 Å². The molecule has 3 unspecified atom stereocenters. The van der Waals surface area contributed by atoms with Gasteiger partial charge in [0.2, 0.25) is 5.82 Å². The van der Waals surface area contributed by atoms with Gasteiger partial charge in [-0.2, -0.15) is 4.39 Å². The molecule has 36 heavy (non-hydrogen) atoms. The maximum absolute atomic E-state index is 14.7. The van der Waals surface area contributed by atoms with E-state index < -0.39 is 52.9 Å². The van der Waals surface area contributed by atoms with Gasteiger partial charge in [-0.1, -0.05) is 24.3 Å². The van der Waals surface area contributed by atoms with Gasteiger partial charge in [0.05, 0.1) is 18.6 Å². The van der Waals surface area contributed by atoms with E-state index >= 15 is 0 Å². The number of hydrogen-bond donors (Lipinski definition) is 1. The van der Waals surface area contributed by atoms with Gasteiger partial charge >= 0.3 is 5.97 Å². The third-order valence-electron chi connectivity index (χ3n) is 7.46. The molecule has 3 aliphatic rings. The highest BCUT2D eigenvalue weighted by molar-refractivity contribution is 5.77. The summed E-state index contributed by atoms with van der Waals surface area (Å²) in [5.41, 5.74) is 0.494. The molecule has 0 bridgehead atoms. The number of halogens is 4. The maximum Gasteiger partial charge on any atom is 0.318 e. The second kappa shape index (κ2) is 11.7. The van der Waals surface area contributed by atoms with E-state index in [1.807, 2.05) is 0 Å². The highest BCUT2D eigenvalue weighted by Gasteiger charge is 2.32. The lowest BCUT2D eigenvalue weighted by Crippen LogP contribution is -2.24. The Morgan fingerprint density at radius 3 is 2.42 bits per heavy atom. The monoisotopic (exact) mass is 508 g/mol. The molecule has 1 fully saturated rings. The van der Waals surface area contributed by atoms with Gasteiger partial charge in [0.25, 0.3) is 0 Å². The lowest BCUT2D eigenvalue weighted by molar-refractivity contribution is -0.137. The highest BCUT2D eigenvalue weighted by atomic mass is 19.2. The fourth-order valence-corrected chi connectivity index (χ4v) is 5.28. The molecule has 1 aromatic carbocycles. The Morgan fingerprint density at radius 2 is 1.75 bits per heavy atom. The molecule has 196 valence electrons. The van der Waals surface area contributed by atoms with E-state index in [1.54, 1.807) is 25.2 Å². The van der Waals surface area contributed by atoms with Gasteiger partial charge in [-0.15, -0.1) is 0 Å². The first-order chi connectivity index (χ1) is 17.3. The molecule has 0 aromatic heterocycles. The second-order valence-corrected chi connectivity index (χ2v) is 9.80. The molecular formula is C28H32F4O4. The lowest BCUT2D eigenvalue weighted by atomic mass is 9.80. The summed E-state index contributed by atoms with van der Waals surface area (Å²) >= 11 is 0. The molecule has 1 saturated carbocycles. The fraction of sp³-hybridized carbons (Fsp3) is 0.536. The van der Waals surface area contributed by atoms with E-state index in [1.165, 1.54) is 12.1 Å². The minimum atomic E-state index is -1.21. The van der Waals surface area contributed by atoms with Crippen LogP contribution in [0.1, 0.15) is 63.4 Å². The number of esters is 1. The SMILES string of the molecule is CCOCC1CC=C(C2C=CC(C(=O)Oc3ccc(C4CCC(O)CC4)c(F)c3F)CC2)C(F)=C1F. The van der Waals surface area contributed by atoms with E-state index in [2.05, 4.69) is 0 Å². The number of benzene rings is 1. The molecule has 0 radical (unpaired) electrons. The summed E-state index contributed by atoms with van der Waals surface area (Å²) in [5, 5.41) is 9.64. The molecule has 1 aromatic rings. The summed E-state index contributed by atoms with van der Waals surface area (Å²) < 4.78 is 69.0. The maximum atomic E-state index is 14.7. The van der Waals surface area contributed by atoms with Crippen LogP contribution >= 0.6 is 0 Å². The molecule has 0 aliphatic heterocycles. The Bertz CT molecular complexity index is 1060. The van der Waals surface area contributed by atoms with Gasteiger partial charge in [0, 0.05) is 18.4 Å². The summed E-state index contributed by atoms with van der Waals surface area (Å²) in [6.45, 7) is 2.34. The number of carbonyl (C=O) groups is 1. The zero-order valence-electron chi connectivity index (χ0n) is 20.3. The molecule has 0 saturated heterocycles. The molecule has 0 amide bonds. The molecule has 3 aliphatic carbocycles. The van der Waals surface area contributed by atoms with Crippen molar-refractivity contribution in [3.63, 3.8) is 0 Å². The van der Waals surface area contributed by atoms with Crippen LogP contribution in [0.4, 0.5) is 17.6 Å². The summed E-state index contributed by atoms with van der Waals surface area (Å²) in [7, 11) is 0. The molecule has 0 spiro atoms. The van der Waals surface area contributed by atoms with Crippen LogP contribution in [0.3, 0.4) is 0 Å². The lowest BCUT2D eigenvalue weighted by Gasteiger charge is -2.27. The number of aliphatic hydroxyl groups is 1. The van der Waals surface area contributed by atoms with E-state index in [0.717, 1.165) is 0 Å². The first-order valence-corrected chi connectivity index (χ1v) is 12.7. The van der Waals surface area contributed by atoms with Crippen LogP contribution < -0.4 is 4.74 Å². The van der Waals surface area contributed by atoms with Crippen molar-refractivity contribution in [2.75, 3.05) is 13.2 Å². The van der Waals surface area contributed by atoms with Crippen molar-refractivity contribution in [1.29, 1.82) is 0 Å². The summed E-state index contributed by atoms with van der Waals surface area (Å²) in [4.78, 5) is 12.6. The number of hydrogen-bond acceptors (Lipinski definition) is 4. The van der Waals surface area contributed by atoms with E-state index in [4.69, 9.17) is 9.47 Å². The van der Waals surface area contributed by atoms with Crippen LogP contribution in [0.15, 0.2) is 47.6 Å². The summed E-state index contributed by atoms with van der Waals surface area (Å²) in [6.07, 6.45) is 7.72. The van der Waals surface area contributed by atoms with Crippen LogP contribution in [0.5, 0.6) is 5.75 Å². The van der Waals surface area contributed by atoms with E-state index in [0.29, 0.717) is 51.6 Å². The second-order valence-electron chi connectivity index (χ2n) is 9.80. The van der Waals surface area contributed by atoms with Crippen LogP contribution in [-0.4, -0.2) is 30.4 Å². The molecule has 1 N–H and O–H groups in total. The minimum Gasteiger partial charge on any atom is -0.423 e. The van der Waals surface area contributed by atoms with Crippen LogP contribution in [0.25, 0.3) is 0 Å². The molecule has 4 nitrogen and oxygen atoms in total. The normalized spacial score (nSPS) is 28.7.